The molecule has 0 aliphatic carbocycles. The second kappa shape index (κ2) is 9.47. The summed E-state index contributed by atoms with van der Waals surface area (Å²) in [7, 11) is 0. The van der Waals surface area contributed by atoms with E-state index in [1.54, 1.807) is 24.3 Å². The molecule has 0 aliphatic rings. The number of nitrogens with two attached hydrogens (primary N) is 2. The van der Waals surface area contributed by atoms with Crippen LogP contribution in [-0.2, 0) is 4.79 Å². The molecule has 0 heterocycles. The molecule has 0 spiro atoms. The van der Waals surface area contributed by atoms with Crippen molar-refractivity contribution in [2.45, 2.75) is 0 Å². The zero-order valence-electron chi connectivity index (χ0n) is 14.2. The van der Waals surface area contributed by atoms with Crippen LogP contribution in [-0.4, -0.2) is 17.5 Å². The molecule has 0 amide bonds. The highest BCUT2D eigenvalue weighted by atomic mass is 16.5. The van der Waals surface area contributed by atoms with Crippen molar-refractivity contribution in [2.75, 3.05) is 11.5 Å². The number of hydrogen-bond acceptors (Lipinski definition) is 6. The van der Waals surface area contributed by atoms with Gasteiger partial charge in [0, 0.05) is 11.4 Å². The van der Waals surface area contributed by atoms with Gasteiger partial charge >= 0.3 is 5.97 Å². The van der Waals surface area contributed by atoms with E-state index in [1.165, 1.54) is 24.3 Å². The van der Waals surface area contributed by atoms with Gasteiger partial charge in [0.15, 0.2) is 0 Å². The van der Waals surface area contributed by atoms with Gasteiger partial charge in [0.05, 0.1) is 5.56 Å². The van der Waals surface area contributed by atoms with Gasteiger partial charge in [-0.25, -0.2) is 4.79 Å². The fourth-order valence-electron chi connectivity index (χ4n) is 1.97. The average molecular weight is 366 g/mol. The molecule has 0 unspecified atom stereocenters. The van der Waals surface area contributed by atoms with Crippen LogP contribution in [0.1, 0.15) is 10.4 Å². The van der Waals surface area contributed by atoms with E-state index < -0.39 is 5.97 Å². The minimum absolute atomic E-state index is 0.0920. The SMILES string of the molecule is Nc1ccc(Oc2ccc(N)cc2)cc1.O=COc1cccc(C(=O)O)c1. The maximum absolute atomic E-state index is 10.4. The molecule has 0 fully saturated rings. The van der Waals surface area contributed by atoms with E-state index >= 15 is 0 Å². The topological polar surface area (TPSA) is 125 Å². The second-order valence-electron chi connectivity index (χ2n) is 5.29. The zero-order chi connectivity index (χ0) is 19.6. The summed E-state index contributed by atoms with van der Waals surface area (Å²) < 4.78 is 10.0. The van der Waals surface area contributed by atoms with Crippen molar-refractivity contribution in [1.82, 2.24) is 0 Å². The lowest BCUT2D eigenvalue weighted by Gasteiger charge is -2.05. The minimum atomic E-state index is -1.05. The van der Waals surface area contributed by atoms with E-state index in [9.17, 15) is 9.59 Å². The highest BCUT2D eigenvalue weighted by molar-refractivity contribution is 5.88. The maximum atomic E-state index is 10.4. The van der Waals surface area contributed by atoms with Crippen molar-refractivity contribution in [1.29, 1.82) is 0 Å². The van der Waals surface area contributed by atoms with Gasteiger partial charge in [-0.2, -0.15) is 0 Å². The van der Waals surface area contributed by atoms with Crippen molar-refractivity contribution in [3.63, 3.8) is 0 Å². The third-order valence-corrected chi connectivity index (χ3v) is 3.26. The number of carboxylic acid groups (broad SMARTS) is 1. The Morgan fingerprint density at radius 2 is 1.33 bits per heavy atom. The smallest absolute Gasteiger partial charge is 0.335 e. The van der Waals surface area contributed by atoms with Crippen molar-refractivity contribution < 1.29 is 24.2 Å². The van der Waals surface area contributed by atoms with Gasteiger partial charge in [0.2, 0.25) is 0 Å². The second-order valence-corrected chi connectivity index (χ2v) is 5.29. The molecule has 3 aromatic carbocycles. The fourth-order valence-corrected chi connectivity index (χ4v) is 1.97. The van der Waals surface area contributed by atoms with Crippen molar-refractivity contribution in [2.24, 2.45) is 0 Å². The van der Waals surface area contributed by atoms with Gasteiger partial charge < -0.3 is 26.0 Å². The molecule has 3 aromatic rings. The maximum Gasteiger partial charge on any atom is 0.335 e. The highest BCUT2D eigenvalue weighted by Gasteiger charge is 2.02. The van der Waals surface area contributed by atoms with Gasteiger partial charge in [0.1, 0.15) is 17.2 Å². The molecule has 0 bridgehead atoms. The van der Waals surface area contributed by atoms with Crippen LogP contribution in [0.25, 0.3) is 0 Å². The third-order valence-electron chi connectivity index (χ3n) is 3.26. The largest absolute Gasteiger partial charge is 0.478 e. The first-order valence-electron chi connectivity index (χ1n) is 7.80. The summed E-state index contributed by atoms with van der Waals surface area (Å²) in [6.07, 6.45) is 0. The predicted molar refractivity (Wildman–Crippen MR) is 102 cm³/mol. The van der Waals surface area contributed by atoms with Crippen LogP contribution in [0.3, 0.4) is 0 Å². The van der Waals surface area contributed by atoms with Crippen LogP contribution in [0, 0.1) is 0 Å². The van der Waals surface area contributed by atoms with Gasteiger partial charge in [0.25, 0.3) is 6.47 Å². The first-order valence-corrected chi connectivity index (χ1v) is 7.80. The Labute approximate surface area is 155 Å². The fraction of sp³-hybridized carbons (Fsp3) is 0. The molecule has 0 radical (unpaired) electrons. The van der Waals surface area contributed by atoms with E-state index in [0.717, 1.165) is 22.9 Å². The number of nitrogen functional groups attached to an aromatic ring is 2. The summed E-state index contributed by atoms with van der Waals surface area (Å²) >= 11 is 0. The Balaban J connectivity index is 0.000000199. The molecule has 138 valence electrons. The number of aromatic carboxylic acids is 1. The number of benzene rings is 3. The molecule has 27 heavy (non-hydrogen) atoms. The van der Waals surface area contributed by atoms with Gasteiger partial charge in [-0.1, -0.05) is 6.07 Å². The third kappa shape index (κ3) is 6.43. The Morgan fingerprint density at radius 3 is 1.78 bits per heavy atom. The Hall–Kier alpha value is -4.00. The van der Waals surface area contributed by atoms with Crippen LogP contribution in [0.4, 0.5) is 11.4 Å². The van der Waals surface area contributed by atoms with Crippen LogP contribution >= 0.6 is 0 Å². The van der Waals surface area contributed by atoms with Gasteiger partial charge in [-0.05, 0) is 66.7 Å². The molecule has 0 atom stereocenters. The Morgan fingerprint density at radius 1 is 0.815 bits per heavy atom. The summed E-state index contributed by atoms with van der Waals surface area (Å²) in [6.45, 7) is 0.251. The molecule has 0 saturated carbocycles. The van der Waals surface area contributed by atoms with Crippen molar-refractivity contribution >= 4 is 23.8 Å². The standard InChI is InChI=1S/C12H12N2O.C8H6O4/c13-9-1-5-11(6-2-9)15-12-7-3-10(14)4-8-12;9-5-12-7-3-1-2-6(4-7)8(10)11/h1-8H,13-14H2;1-5H,(H,10,11). The number of hydrogen-bond donors (Lipinski definition) is 3. The first kappa shape index (κ1) is 19.3. The molecule has 5 N–H and O–H groups in total. The van der Waals surface area contributed by atoms with Crippen LogP contribution in [0.5, 0.6) is 17.2 Å². The van der Waals surface area contributed by atoms with Crippen LogP contribution in [0.15, 0.2) is 72.8 Å². The lowest BCUT2D eigenvalue weighted by atomic mass is 10.2. The zero-order valence-corrected chi connectivity index (χ0v) is 14.2. The number of anilines is 2. The quantitative estimate of drug-likeness (QED) is 0.465. The molecule has 0 saturated heterocycles. The van der Waals surface area contributed by atoms with Gasteiger partial charge in [-0.3, -0.25) is 4.79 Å². The van der Waals surface area contributed by atoms with E-state index in [-0.39, 0.29) is 17.8 Å². The summed E-state index contributed by atoms with van der Waals surface area (Å²) in [5, 5.41) is 8.53. The highest BCUT2D eigenvalue weighted by Crippen LogP contribution is 2.22. The van der Waals surface area contributed by atoms with E-state index in [1.807, 2.05) is 24.3 Å². The number of carbonyl (C=O) groups excluding carboxylic acids is 1. The molecular formula is C20H18N2O5. The van der Waals surface area contributed by atoms with Crippen molar-refractivity contribution in [3.8, 4) is 17.2 Å². The average Bonchev–Trinajstić information content (AvgIpc) is 2.66. The monoisotopic (exact) mass is 366 g/mol. The van der Waals surface area contributed by atoms with E-state index in [4.69, 9.17) is 21.3 Å². The van der Waals surface area contributed by atoms with E-state index in [2.05, 4.69) is 4.74 Å². The molecule has 0 aliphatic heterocycles. The number of rotatable bonds is 5. The van der Waals surface area contributed by atoms with Crippen molar-refractivity contribution in [3.05, 3.63) is 78.4 Å². The number of ether oxygens (including phenoxy) is 2. The molecule has 0 aromatic heterocycles. The van der Waals surface area contributed by atoms with Crippen LogP contribution in [0.2, 0.25) is 0 Å². The molecule has 3 rings (SSSR count). The van der Waals surface area contributed by atoms with E-state index in [0.29, 0.717) is 0 Å². The lowest BCUT2D eigenvalue weighted by molar-refractivity contribution is -0.120. The minimum Gasteiger partial charge on any atom is -0.478 e. The first-order chi connectivity index (χ1) is 13.0. The lowest BCUT2D eigenvalue weighted by Crippen LogP contribution is -1.96. The molecule has 7 nitrogen and oxygen atoms in total. The molecular weight excluding hydrogens is 348 g/mol. The summed E-state index contributed by atoms with van der Waals surface area (Å²) in [6, 6.07) is 20.2. The molecule has 7 heteroatoms. The van der Waals surface area contributed by atoms with Crippen LogP contribution < -0.4 is 20.9 Å². The Bertz CT molecular complexity index is 850. The summed E-state index contributed by atoms with van der Waals surface area (Å²) in [5.74, 6) is 0.694. The number of carbonyl (C=O) groups is 2. The summed E-state index contributed by atoms with van der Waals surface area (Å²) in [5.41, 5.74) is 12.7. The number of carboxylic acids is 1. The predicted octanol–water partition coefficient (Wildman–Crippen LogP) is 3.56. The normalized spacial score (nSPS) is 9.48. The van der Waals surface area contributed by atoms with Gasteiger partial charge in [-0.15, -0.1) is 0 Å². The summed E-state index contributed by atoms with van der Waals surface area (Å²) in [4.78, 5) is 20.3. The Kier molecular flexibility index (Phi) is 6.78.